The molecule has 17 heavy (non-hydrogen) atoms. The minimum absolute atomic E-state index is 0.130. The van der Waals surface area contributed by atoms with Gasteiger partial charge in [-0.1, -0.05) is 6.92 Å². The summed E-state index contributed by atoms with van der Waals surface area (Å²) in [6.45, 7) is 5.95. The van der Waals surface area contributed by atoms with Gasteiger partial charge >= 0.3 is 12.0 Å². The number of carbonyl (C=O) groups excluding carboxylic acids is 1. The first kappa shape index (κ1) is 15.7. The molecule has 1 atom stereocenters. The van der Waals surface area contributed by atoms with Gasteiger partial charge in [0.15, 0.2) is 0 Å². The van der Waals surface area contributed by atoms with Gasteiger partial charge in [0, 0.05) is 20.2 Å². The number of urea groups is 1. The van der Waals surface area contributed by atoms with Crippen molar-refractivity contribution in [2.24, 2.45) is 5.92 Å². The van der Waals surface area contributed by atoms with Crippen LogP contribution in [0.3, 0.4) is 0 Å². The maximum atomic E-state index is 11.4. The minimum Gasteiger partial charge on any atom is -0.481 e. The number of aliphatic carboxylic acids is 1. The topological polar surface area (TPSA) is 87.7 Å². The van der Waals surface area contributed by atoms with E-state index in [-0.39, 0.29) is 12.6 Å². The van der Waals surface area contributed by atoms with Crippen LogP contribution in [0.2, 0.25) is 0 Å². The van der Waals surface area contributed by atoms with Crippen molar-refractivity contribution in [2.45, 2.75) is 32.8 Å². The molecule has 0 bridgehead atoms. The Balaban J connectivity index is 3.91. The monoisotopic (exact) mass is 246 g/mol. The summed E-state index contributed by atoms with van der Waals surface area (Å²) >= 11 is 0. The van der Waals surface area contributed by atoms with Crippen LogP contribution >= 0.6 is 0 Å². The average Bonchev–Trinajstić information content (AvgIpc) is 2.27. The Hall–Kier alpha value is -1.30. The maximum absolute atomic E-state index is 11.4. The molecule has 0 radical (unpaired) electrons. The molecule has 0 aliphatic rings. The molecule has 0 heterocycles. The number of carboxylic acids is 1. The van der Waals surface area contributed by atoms with Gasteiger partial charge in [0.05, 0.1) is 11.5 Å². The van der Waals surface area contributed by atoms with E-state index in [1.54, 1.807) is 14.0 Å². The number of carboxylic acid groups (broad SMARTS) is 1. The lowest BCUT2D eigenvalue weighted by atomic mass is 10.1. The third-order valence-corrected chi connectivity index (χ3v) is 2.58. The van der Waals surface area contributed by atoms with E-state index in [9.17, 15) is 9.59 Å². The second-order valence-electron chi connectivity index (χ2n) is 4.47. The van der Waals surface area contributed by atoms with E-state index in [4.69, 9.17) is 9.84 Å². The van der Waals surface area contributed by atoms with Gasteiger partial charge in [-0.3, -0.25) is 4.79 Å². The predicted molar refractivity (Wildman–Crippen MR) is 63.9 cm³/mol. The largest absolute Gasteiger partial charge is 0.481 e. The van der Waals surface area contributed by atoms with Crippen LogP contribution in [0.4, 0.5) is 4.79 Å². The summed E-state index contributed by atoms with van der Waals surface area (Å²) in [5, 5.41) is 13.9. The number of carbonyl (C=O) groups is 2. The van der Waals surface area contributed by atoms with Crippen LogP contribution in [0.15, 0.2) is 0 Å². The van der Waals surface area contributed by atoms with Gasteiger partial charge < -0.3 is 20.5 Å². The fraction of sp³-hybridized carbons (Fsp3) is 0.818. The van der Waals surface area contributed by atoms with Crippen molar-refractivity contribution in [1.29, 1.82) is 0 Å². The lowest BCUT2D eigenvalue weighted by Gasteiger charge is -2.23. The summed E-state index contributed by atoms with van der Waals surface area (Å²) in [4.78, 5) is 22.1. The van der Waals surface area contributed by atoms with E-state index >= 15 is 0 Å². The van der Waals surface area contributed by atoms with Crippen molar-refractivity contribution in [3.63, 3.8) is 0 Å². The molecule has 0 aliphatic carbocycles. The molecule has 0 fully saturated rings. The molecule has 0 spiro atoms. The van der Waals surface area contributed by atoms with E-state index < -0.39 is 17.5 Å². The summed E-state index contributed by atoms with van der Waals surface area (Å²) in [5.74, 6) is -1.44. The van der Waals surface area contributed by atoms with Gasteiger partial charge in [-0.15, -0.1) is 0 Å². The Bertz CT molecular complexity index is 266. The zero-order valence-electron chi connectivity index (χ0n) is 10.9. The molecule has 2 amide bonds. The zero-order valence-corrected chi connectivity index (χ0v) is 10.9. The van der Waals surface area contributed by atoms with Crippen molar-refractivity contribution in [3.05, 3.63) is 0 Å². The number of rotatable bonds is 7. The molecule has 0 aromatic carbocycles. The predicted octanol–water partition coefficient (Wildman–Crippen LogP) is 0.821. The van der Waals surface area contributed by atoms with Crippen molar-refractivity contribution in [2.75, 3.05) is 20.2 Å². The average molecular weight is 246 g/mol. The Morgan fingerprint density at radius 2 is 1.94 bits per heavy atom. The van der Waals surface area contributed by atoms with Crippen molar-refractivity contribution in [3.8, 4) is 0 Å². The maximum Gasteiger partial charge on any atom is 0.314 e. The Morgan fingerprint density at radius 1 is 1.35 bits per heavy atom. The highest BCUT2D eigenvalue weighted by molar-refractivity contribution is 5.75. The van der Waals surface area contributed by atoms with Gasteiger partial charge in [-0.25, -0.2) is 4.79 Å². The SMILES string of the molecule is CCC(CNC(=O)NCC(C)(C)OC)C(=O)O. The Labute approximate surface area is 102 Å². The molecule has 3 N–H and O–H groups in total. The smallest absolute Gasteiger partial charge is 0.314 e. The fourth-order valence-corrected chi connectivity index (χ4v) is 1.05. The van der Waals surface area contributed by atoms with Gasteiger partial charge in [0.1, 0.15) is 0 Å². The molecule has 0 aliphatic heterocycles. The fourth-order valence-electron chi connectivity index (χ4n) is 1.05. The van der Waals surface area contributed by atoms with E-state index in [1.807, 2.05) is 13.8 Å². The van der Waals surface area contributed by atoms with Crippen LogP contribution < -0.4 is 10.6 Å². The molecule has 100 valence electrons. The number of methoxy groups -OCH3 is 1. The minimum atomic E-state index is -0.898. The van der Waals surface area contributed by atoms with E-state index in [1.165, 1.54) is 0 Å². The molecule has 0 aromatic rings. The zero-order chi connectivity index (χ0) is 13.5. The van der Waals surface area contributed by atoms with Gasteiger partial charge in [0.25, 0.3) is 0 Å². The summed E-state index contributed by atoms with van der Waals surface area (Å²) in [7, 11) is 1.57. The molecule has 6 nitrogen and oxygen atoms in total. The number of amides is 2. The van der Waals surface area contributed by atoms with Crippen LogP contribution in [0.1, 0.15) is 27.2 Å². The molecule has 0 saturated heterocycles. The summed E-state index contributed by atoms with van der Waals surface area (Å²) in [5.41, 5.74) is -0.436. The quantitative estimate of drug-likeness (QED) is 0.620. The van der Waals surface area contributed by atoms with Gasteiger partial charge in [-0.2, -0.15) is 0 Å². The third-order valence-electron chi connectivity index (χ3n) is 2.58. The van der Waals surface area contributed by atoms with Crippen LogP contribution in [-0.2, 0) is 9.53 Å². The highest BCUT2D eigenvalue weighted by Gasteiger charge is 2.19. The molecular weight excluding hydrogens is 224 g/mol. The summed E-state index contributed by atoms with van der Waals surface area (Å²) in [6, 6.07) is -0.380. The first-order valence-electron chi connectivity index (χ1n) is 5.62. The summed E-state index contributed by atoms with van der Waals surface area (Å²) < 4.78 is 5.14. The number of hydrogen-bond acceptors (Lipinski definition) is 3. The first-order chi connectivity index (χ1) is 7.82. The highest BCUT2D eigenvalue weighted by Crippen LogP contribution is 2.04. The Morgan fingerprint density at radius 3 is 2.35 bits per heavy atom. The molecule has 0 rings (SSSR count). The summed E-state index contributed by atoms with van der Waals surface area (Å²) in [6.07, 6.45) is 0.485. The second kappa shape index (κ2) is 7.11. The highest BCUT2D eigenvalue weighted by atomic mass is 16.5. The van der Waals surface area contributed by atoms with E-state index in [0.29, 0.717) is 13.0 Å². The lowest BCUT2D eigenvalue weighted by molar-refractivity contribution is -0.141. The van der Waals surface area contributed by atoms with E-state index in [0.717, 1.165) is 0 Å². The molecule has 1 unspecified atom stereocenters. The molecule has 0 aromatic heterocycles. The van der Waals surface area contributed by atoms with Crippen molar-refractivity contribution < 1.29 is 19.4 Å². The van der Waals surface area contributed by atoms with Crippen LogP contribution in [0, 0.1) is 5.92 Å². The van der Waals surface area contributed by atoms with Crippen LogP contribution in [0.25, 0.3) is 0 Å². The number of nitrogens with one attached hydrogen (secondary N) is 2. The normalized spacial score (nSPS) is 12.9. The van der Waals surface area contributed by atoms with Crippen LogP contribution in [-0.4, -0.2) is 42.9 Å². The second-order valence-corrected chi connectivity index (χ2v) is 4.47. The number of ether oxygens (including phenoxy) is 1. The van der Waals surface area contributed by atoms with Crippen molar-refractivity contribution >= 4 is 12.0 Å². The van der Waals surface area contributed by atoms with Crippen LogP contribution in [0.5, 0.6) is 0 Å². The van der Waals surface area contributed by atoms with E-state index in [2.05, 4.69) is 10.6 Å². The molecular formula is C11H22N2O4. The lowest BCUT2D eigenvalue weighted by Crippen LogP contribution is -2.45. The number of hydrogen-bond donors (Lipinski definition) is 3. The molecule has 6 heteroatoms. The molecule has 0 saturated carbocycles. The van der Waals surface area contributed by atoms with Gasteiger partial charge in [0.2, 0.25) is 0 Å². The Kier molecular flexibility index (Phi) is 6.57. The first-order valence-corrected chi connectivity index (χ1v) is 5.62. The third kappa shape index (κ3) is 6.78. The van der Waals surface area contributed by atoms with Crippen molar-refractivity contribution in [1.82, 2.24) is 10.6 Å². The van der Waals surface area contributed by atoms with Gasteiger partial charge in [-0.05, 0) is 20.3 Å². The standard InChI is InChI=1S/C11H22N2O4/c1-5-8(9(14)15)6-12-10(16)13-7-11(2,3)17-4/h8H,5-7H2,1-4H3,(H,14,15)(H2,12,13,16).